The Morgan fingerprint density at radius 2 is 1.32 bits per heavy atom. The molecule has 1 saturated heterocycles. The maximum Gasteiger partial charge on any atom is 0.162 e. The van der Waals surface area contributed by atoms with Crippen molar-refractivity contribution in [3.8, 4) is 0 Å². The van der Waals surface area contributed by atoms with Crippen LogP contribution >= 0.6 is 0 Å². The van der Waals surface area contributed by atoms with Crippen LogP contribution < -0.4 is 0 Å². The summed E-state index contributed by atoms with van der Waals surface area (Å²) >= 11 is 0. The van der Waals surface area contributed by atoms with Crippen LogP contribution in [-0.2, 0) is 4.74 Å². The lowest BCUT2D eigenvalue weighted by Gasteiger charge is -2.34. The van der Waals surface area contributed by atoms with Crippen molar-refractivity contribution in [1.82, 2.24) is 4.90 Å². The van der Waals surface area contributed by atoms with Crippen LogP contribution in [-0.4, -0.2) is 36.4 Å². The van der Waals surface area contributed by atoms with Crippen LogP contribution in [0.1, 0.15) is 53.3 Å². The van der Waals surface area contributed by atoms with Crippen molar-refractivity contribution >= 4 is 5.78 Å². The molecule has 0 atom stereocenters. The minimum absolute atomic E-state index is 0.0255. The first-order valence-corrected chi connectivity index (χ1v) is 11.4. The Morgan fingerprint density at radius 1 is 0.806 bits per heavy atom. The van der Waals surface area contributed by atoms with Gasteiger partial charge in [0.25, 0.3) is 0 Å². The Hall–Kier alpha value is -2.75. The summed E-state index contributed by atoms with van der Waals surface area (Å²) in [6, 6.07) is 30.6. The smallest absolute Gasteiger partial charge is 0.162 e. The Bertz CT molecular complexity index is 880. The molecule has 4 rings (SSSR count). The second-order valence-corrected chi connectivity index (χ2v) is 8.27. The fraction of sp³-hybridized carbons (Fsp3) is 0.321. The highest BCUT2D eigenvalue weighted by atomic mass is 16.5. The van der Waals surface area contributed by atoms with Crippen LogP contribution in [0.2, 0.25) is 0 Å². The lowest BCUT2D eigenvalue weighted by atomic mass is 10.00. The molecule has 0 spiro atoms. The zero-order valence-electron chi connectivity index (χ0n) is 18.0. The van der Waals surface area contributed by atoms with Gasteiger partial charge >= 0.3 is 0 Å². The molecule has 0 bridgehead atoms. The normalized spacial score (nSPS) is 15.3. The molecule has 0 aliphatic carbocycles. The molecule has 0 N–H and O–H groups in total. The monoisotopic (exact) mass is 413 g/mol. The number of hydrogen-bond acceptors (Lipinski definition) is 3. The average molecular weight is 414 g/mol. The zero-order chi connectivity index (χ0) is 21.3. The third-order valence-corrected chi connectivity index (χ3v) is 6.04. The topological polar surface area (TPSA) is 29.5 Å². The Labute approximate surface area is 185 Å². The van der Waals surface area contributed by atoms with Gasteiger partial charge in [-0.2, -0.15) is 0 Å². The van der Waals surface area contributed by atoms with Crippen molar-refractivity contribution in [2.45, 2.75) is 37.9 Å². The molecule has 31 heavy (non-hydrogen) atoms. The minimum Gasteiger partial charge on any atom is -0.365 e. The second kappa shape index (κ2) is 11.0. The molecule has 0 radical (unpaired) electrons. The highest BCUT2D eigenvalue weighted by Gasteiger charge is 2.24. The van der Waals surface area contributed by atoms with Gasteiger partial charge in [0, 0.05) is 25.1 Å². The largest absolute Gasteiger partial charge is 0.365 e. The third kappa shape index (κ3) is 6.13. The van der Waals surface area contributed by atoms with E-state index in [-0.39, 0.29) is 18.0 Å². The van der Waals surface area contributed by atoms with E-state index in [2.05, 4.69) is 53.4 Å². The number of likely N-dealkylation sites (tertiary alicyclic amines) is 1. The van der Waals surface area contributed by atoms with Gasteiger partial charge < -0.3 is 9.64 Å². The lowest BCUT2D eigenvalue weighted by molar-refractivity contribution is -0.0270. The highest BCUT2D eigenvalue weighted by molar-refractivity contribution is 5.95. The van der Waals surface area contributed by atoms with Gasteiger partial charge in [-0.05, 0) is 36.9 Å². The fourth-order valence-corrected chi connectivity index (χ4v) is 4.30. The summed E-state index contributed by atoms with van der Waals surface area (Å²) in [4.78, 5) is 14.8. The summed E-state index contributed by atoms with van der Waals surface area (Å²) < 4.78 is 6.63. The van der Waals surface area contributed by atoms with Crippen LogP contribution in [0.4, 0.5) is 0 Å². The van der Waals surface area contributed by atoms with E-state index < -0.39 is 0 Å². The van der Waals surface area contributed by atoms with Crippen molar-refractivity contribution in [2.75, 3.05) is 19.6 Å². The number of nitrogens with zero attached hydrogens (tertiary/aromatic N) is 1. The predicted octanol–water partition coefficient (Wildman–Crippen LogP) is 5.92. The Kier molecular flexibility index (Phi) is 7.65. The van der Waals surface area contributed by atoms with E-state index in [0.717, 1.165) is 44.5 Å². The number of ketones is 1. The van der Waals surface area contributed by atoms with Gasteiger partial charge in [-0.3, -0.25) is 4.79 Å². The van der Waals surface area contributed by atoms with Crippen molar-refractivity contribution in [1.29, 1.82) is 0 Å². The standard InChI is InChI=1S/C28H31NO2/c30-27(23-11-4-1-5-12-23)17-10-20-29-21-18-26(19-22-29)31-28(24-13-6-2-7-14-24)25-15-8-3-9-16-25/h1-9,11-16,26,28H,10,17-22H2. The molecule has 0 unspecified atom stereocenters. The van der Waals surface area contributed by atoms with Gasteiger partial charge in [0.1, 0.15) is 6.10 Å². The highest BCUT2D eigenvalue weighted by Crippen LogP contribution is 2.30. The maximum atomic E-state index is 12.3. The Balaban J connectivity index is 1.26. The minimum atomic E-state index is -0.0255. The molecule has 1 aliphatic rings. The lowest BCUT2D eigenvalue weighted by Crippen LogP contribution is -2.38. The molecule has 0 aromatic heterocycles. The number of piperidine rings is 1. The first kappa shape index (κ1) is 21.5. The van der Waals surface area contributed by atoms with Gasteiger partial charge in [-0.25, -0.2) is 0 Å². The first-order chi connectivity index (χ1) is 15.3. The van der Waals surface area contributed by atoms with Crippen molar-refractivity contribution in [3.05, 3.63) is 108 Å². The zero-order valence-corrected chi connectivity index (χ0v) is 18.0. The molecular weight excluding hydrogens is 382 g/mol. The molecular formula is C28H31NO2. The van der Waals surface area contributed by atoms with Crippen molar-refractivity contribution in [2.24, 2.45) is 0 Å². The summed E-state index contributed by atoms with van der Waals surface area (Å²) in [5, 5.41) is 0. The molecule has 1 aliphatic heterocycles. The predicted molar refractivity (Wildman–Crippen MR) is 125 cm³/mol. The molecule has 0 saturated carbocycles. The second-order valence-electron chi connectivity index (χ2n) is 8.27. The van der Waals surface area contributed by atoms with Crippen molar-refractivity contribution in [3.63, 3.8) is 0 Å². The number of benzene rings is 3. The first-order valence-electron chi connectivity index (χ1n) is 11.4. The van der Waals surface area contributed by atoms with E-state index in [1.165, 1.54) is 11.1 Å². The fourth-order valence-electron chi connectivity index (χ4n) is 4.30. The summed E-state index contributed by atoms with van der Waals surface area (Å²) in [5.74, 6) is 0.243. The van der Waals surface area contributed by atoms with E-state index in [9.17, 15) is 4.79 Å². The van der Waals surface area contributed by atoms with E-state index in [1.54, 1.807) is 0 Å². The summed E-state index contributed by atoms with van der Waals surface area (Å²) in [6.45, 7) is 3.03. The van der Waals surface area contributed by atoms with E-state index in [4.69, 9.17) is 4.74 Å². The van der Waals surface area contributed by atoms with Gasteiger partial charge in [-0.15, -0.1) is 0 Å². The van der Waals surface area contributed by atoms with Crippen LogP contribution in [0, 0.1) is 0 Å². The molecule has 1 fully saturated rings. The van der Waals surface area contributed by atoms with Gasteiger partial charge in [0.05, 0.1) is 6.10 Å². The van der Waals surface area contributed by atoms with Gasteiger partial charge in [0.2, 0.25) is 0 Å². The molecule has 160 valence electrons. The van der Waals surface area contributed by atoms with E-state index in [0.29, 0.717) is 6.42 Å². The molecule has 3 nitrogen and oxygen atoms in total. The number of Topliss-reactive ketones (excluding diaryl/α,β-unsaturated/α-hetero) is 1. The van der Waals surface area contributed by atoms with Gasteiger partial charge in [0.15, 0.2) is 5.78 Å². The summed E-state index contributed by atoms with van der Waals surface area (Å²) in [5.41, 5.74) is 3.23. The molecule has 0 amide bonds. The van der Waals surface area contributed by atoms with E-state index >= 15 is 0 Å². The molecule has 1 heterocycles. The average Bonchev–Trinajstić information content (AvgIpc) is 2.85. The number of carbonyl (C=O) groups is 1. The maximum absolute atomic E-state index is 12.3. The number of hydrogen-bond donors (Lipinski definition) is 0. The third-order valence-electron chi connectivity index (χ3n) is 6.04. The SMILES string of the molecule is O=C(CCCN1CCC(OC(c2ccccc2)c2ccccc2)CC1)c1ccccc1. The van der Waals surface area contributed by atoms with Crippen LogP contribution in [0.5, 0.6) is 0 Å². The van der Waals surface area contributed by atoms with Crippen molar-refractivity contribution < 1.29 is 9.53 Å². The number of rotatable bonds is 9. The van der Waals surface area contributed by atoms with Crippen LogP contribution in [0.25, 0.3) is 0 Å². The molecule has 3 aromatic carbocycles. The number of carbonyl (C=O) groups excluding carboxylic acids is 1. The Morgan fingerprint density at radius 3 is 1.87 bits per heavy atom. The van der Waals surface area contributed by atoms with Crippen LogP contribution in [0.15, 0.2) is 91.0 Å². The van der Waals surface area contributed by atoms with E-state index in [1.807, 2.05) is 42.5 Å². The molecule has 3 heteroatoms. The molecule has 3 aromatic rings. The quantitative estimate of drug-likeness (QED) is 0.408. The number of ether oxygens (including phenoxy) is 1. The van der Waals surface area contributed by atoms with Crippen LogP contribution in [0.3, 0.4) is 0 Å². The van der Waals surface area contributed by atoms with Gasteiger partial charge in [-0.1, -0.05) is 91.0 Å². The summed E-state index contributed by atoms with van der Waals surface area (Å²) in [6.07, 6.45) is 3.82. The summed E-state index contributed by atoms with van der Waals surface area (Å²) in [7, 11) is 0.